The molecule has 0 aromatic heterocycles. The first-order chi connectivity index (χ1) is 24.9. The van der Waals surface area contributed by atoms with Crippen molar-refractivity contribution in [1.29, 1.82) is 0 Å². The number of anilines is 1. The highest BCUT2D eigenvalue weighted by atomic mass is 32.2. The molecule has 3 aromatic rings. The fourth-order valence-electron chi connectivity index (χ4n) is 10.2. The Morgan fingerprint density at radius 2 is 1.50 bits per heavy atom. The van der Waals surface area contributed by atoms with E-state index in [9.17, 15) is 31.3 Å². The number of carbonyl (C=O) groups is 2. The number of halogens is 2. The second-order valence-electron chi connectivity index (χ2n) is 15.1. The summed E-state index contributed by atoms with van der Waals surface area (Å²) in [6.07, 6.45) is 3.90. The first-order valence-corrected chi connectivity index (χ1v) is 20.7. The van der Waals surface area contributed by atoms with Crippen molar-refractivity contribution in [2.24, 2.45) is 0 Å². The zero-order valence-corrected chi connectivity index (χ0v) is 30.8. The Bertz CT molecular complexity index is 1980. The predicted molar refractivity (Wildman–Crippen MR) is 197 cm³/mol. The number of rotatable bonds is 7. The van der Waals surface area contributed by atoms with Crippen LogP contribution in [-0.4, -0.2) is 107 Å². The molecule has 9 nitrogen and oxygen atoms in total. The lowest BCUT2D eigenvalue weighted by atomic mass is 9.65. The highest BCUT2D eigenvalue weighted by Crippen LogP contribution is 2.62. The molecule has 1 N–H and O–H groups in total. The first kappa shape index (κ1) is 35.5. The van der Waals surface area contributed by atoms with Gasteiger partial charge in [0.1, 0.15) is 16.4 Å². The third kappa shape index (κ3) is 5.56. The SMILES string of the molecule is CC([C@H]1CCCN1C(=O)c1ccc(F)cc1)([C@]12CCN(C[C@H]3CCCN3C(=O)c3ccc(F)cc3)C[C@H]1c1cccc3c1N2CCCS3)S(=O)(=O)O. The fourth-order valence-corrected chi connectivity index (χ4v) is 12.6. The van der Waals surface area contributed by atoms with E-state index in [4.69, 9.17) is 0 Å². The van der Waals surface area contributed by atoms with E-state index < -0.39 is 38.1 Å². The lowest BCUT2D eigenvalue weighted by molar-refractivity contribution is 0.0449. The summed E-state index contributed by atoms with van der Waals surface area (Å²) in [5.74, 6) is -0.812. The first-order valence-electron chi connectivity index (χ1n) is 18.3. The van der Waals surface area contributed by atoms with Crippen LogP contribution in [-0.2, 0) is 10.1 Å². The molecule has 3 aromatic carbocycles. The van der Waals surface area contributed by atoms with Crippen LogP contribution >= 0.6 is 11.8 Å². The van der Waals surface area contributed by atoms with Gasteiger partial charge in [-0.1, -0.05) is 12.1 Å². The number of para-hydroxylation sites is 1. The van der Waals surface area contributed by atoms with Crippen molar-refractivity contribution in [2.45, 2.75) is 78.6 Å². The number of hydrogen-bond donors (Lipinski definition) is 1. The summed E-state index contributed by atoms with van der Waals surface area (Å²) in [6, 6.07) is 16.3. The van der Waals surface area contributed by atoms with Gasteiger partial charge in [-0.2, -0.15) is 8.42 Å². The van der Waals surface area contributed by atoms with Crippen LogP contribution in [0.2, 0.25) is 0 Å². The summed E-state index contributed by atoms with van der Waals surface area (Å²) < 4.78 is 66.0. The number of hydrogen-bond acceptors (Lipinski definition) is 7. The van der Waals surface area contributed by atoms with E-state index in [1.165, 1.54) is 48.5 Å². The second-order valence-corrected chi connectivity index (χ2v) is 18.0. The Balaban J connectivity index is 1.18. The number of fused-ring (bicyclic) bond motifs is 3. The minimum atomic E-state index is -4.82. The average Bonchev–Trinajstić information content (AvgIpc) is 3.83. The van der Waals surface area contributed by atoms with Crippen LogP contribution < -0.4 is 4.90 Å². The molecule has 3 fully saturated rings. The minimum Gasteiger partial charge on any atom is -0.362 e. The maximum atomic E-state index is 14.3. The molecule has 13 heteroatoms. The van der Waals surface area contributed by atoms with Crippen LogP contribution in [0.25, 0.3) is 0 Å². The van der Waals surface area contributed by atoms with Gasteiger partial charge in [-0.15, -0.1) is 11.8 Å². The van der Waals surface area contributed by atoms with Crippen molar-refractivity contribution in [3.63, 3.8) is 0 Å². The summed E-state index contributed by atoms with van der Waals surface area (Å²) in [6.45, 7) is 4.85. The molecule has 5 aliphatic heterocycles. The molecule has 1 unspecified atom stereocenters. The van der Waals surface area contributed by atoms with E-state index in [0.717, 1.165) is 41.2 Å². The van der Waals surface area contributed by atoms with Crippen molar-refractivity contribution in [2.75, 3.05) is 49.9 Å². The summed E-state index contributed by atoms with van der Waals surface area (Å²) in [7, 11) is -4.82. The zero-order chi connectivity index (χ0) is 36.4. The molecule has 3 saturated heterocycles. The van der Waals surface area contributed by atoms with Gasteiger partial charge in [0.15, 0.2) is 0 Å². The van der Waals surface area contributed by atoms with Gasteiger partial charge >= 0.3 is 0 Å². The Hall–Kier alpha value is -3.52. The number of thioether (sulfide) groups is 1. The van der Waals surface area contributed by atoms with Crippen LogP contribution in [0.15, 0.2) is 71.6 Å². The average molecular weight is 751 g/mol. The summed E-state index contributed by atoms with van der Waals surface area (Å²) in [5.41, 5.74) is 1.71. The van der Waals surface area contributed by atoms with Gasteiger partial charge in [0.2, 0.25) is 0 Å². The van der Waals surface area contributed by atoms with Gasteiger partial charge in [0.25, 0.3) is 21.9 Å². The van der Waals surface area contributed by atoms with E-state index in [1.54, 1.807) is 23.6 Å². The fraction of sp³-hybridized carbons (Fsp3) is 0.487. The molecule has 276 valence electrons. The van der Waals surface area contributed by atoms with E-state index in [1.807, 2.05) is 11.0 Å². The topological polar surface area (TPSA) is 101 Å². The molecule has 5 aliphatic rings. The predicted octanol–water partition coefficient (Wildman–Crippen LogP) is 6.06. The molecule has 0 spiro atoms. The maximum Gasteiger partial charge on any atom is 0.274 e. The smallest absolute Gasteiger partial charge is 0.274 e. The number of carbonyl (C=O) groups excluding carboxylic acids is 2. The third-order valence-electron chi connectivity index (χ3n) is 12.6. The molecule has 2 amide bonds. The van der Waals surface area contributed by atoms with Crippen LogP contribution in [0, 0.1) is 11.6 Å². The quantitative estimate of drug-likeness (QED) is 0.291. The van der Waals surface area contributed by atoms with E-state index in [-0.39, 0.29) is 29.3 Å². The number of amides is 2. The van der Waals surface area contributed by atoms with Crippen molar-refractivity contribution in [3.05, 3.63) is 95.1 Å². The van der Waals surface area contributed by atoms with Crippen molar-refractivity contribution in [3.8, 4) is 0 Å². The molecular weight excluding hydrogens is 707 g/mol. The monoisotopic (exact) mass is 750 g/mol. The Morgan fingerprint density at radius 1 is 0.865 bits per heavy atom. The largest absolute Gasteiger partial charge is 0.362 e. The molecule has 52 heavy (non-hydrogen) atoms. The zero-order valence-electron chi connectivity index (χ0n) is 29.2. The Labute approximate surface area is 308 Å². The molecule has 0 aliphatic carbocycles. The second kappa shape index (κ2) is 13.4. The molecule has 0 saturated carbocycles. The molecule has 8 rings (SSSR count). The van der Waals surface area contributed by atoms with Gasteiger partial charge in [-0.3, -0.25) is 14.1 Å². The molecule has 0 bridgehead atoms. The van der Waals surface area contributed by atoms with E-state index in [2.05, 4.69) is 21.9 Å². The summed E-state index contributed by atoms with van der Waals surface area (Å²) in [5, 5.41) is 0. The van der Waals surface area contributed by atoms with Gasteiger partial charge in [-0.05, 0) is 111 Å². The molecule has 5 heterocycles. The van der Waals surface area contributed by atoms with Crippen molar-refractivity contribution >= 4 is 39.4 Å². The lowest BCUT2D eigenvalue weighted by Gasteiger charge is -2.59. The maximum absolute atomic E-state index is 14.3. The number of nitrogens with zero attached hydrogens (tertiary/aromatic N) is 4. The van der Waals surface area contributed by atoms with Crippen molar-refractivity contribution in [1.82, 2.24) is 14.7 Å². The highest BCUT2D eigenvalue weighted by molar-refractivity contribution is 7.99. The lowest BCUT2D eigenvalue weighted by Crippen LogP contribution is -2.76. The number of piperidine rings is 1. The molecule has 5 atom stereocenters. The normalized spacial score (nSPS) is 27.2. The van der Waals surface area contributed by atoms with Gasteiger partial charge in [0, 0.05) is 67.3 Å². The Kier molecular flexibility index (Phi) is 9.15. The third-order valence-corrected chi connectivity index (χ3v) is 15.4. The van der Waals surface area contributed by atoms with Crippen LogP contribution in [0.1, 0.15) is 77.6 Å². The number of benzene rings is 3. The van der Waals surface area contributed by atoms with Gasteiger partial charge in [-0.25, -0.2) is 8.78 Å². The van der Waals surface area contributed by atoms with Gasteiger partial charge in [0.05, 0.1) is 17.3 Å². The number of likely N-dealkylation sites (tertiary alicyclic amines) is 3. The van der Waals surface area contributed by atoms with Gasteiger partial charge < -0.3 is 19.6 Å². The highest BCUT2D eigenvalue weighted by Gasteiger charge is 2.71. The van der Waals surface area contributed by atoms with Crippen molar-refractivity contribution < 1.29 is 31.3 Å². The standard InChI is InChI=1S/C39H44F2N4O5S2/c1-38(52(48,49)50,34-9-4-20-44(34)37(47)27-12-16-29(41)17-13-27)39-18-22-42(24-30-6-3-19-43(30)36(46)26-10-14-28(40)15-11-26)25-32(39)31-7-2-8-33-35(31)45(39)21-5-23-51-33/h2,7-8,10-17,30,32,34H,3-6,9,18-25H2,1H3,(H,48,49,50)/t30-,32+,34-,38?,39+/m1/s1. The molecule has 0 radical (unpaired) electrons. The van der Waals surface area contributed by atoms with Crippen LogP contribution in [0.4, 0.5) is 14.5 Å². The van der Waals surface area contributed by atoms with Crippen LogP contribution in [0.3, 0.4) is 0 Å². The molecular formula is C39H44F2N4O5S2. The van der Waals surface area contributed by atoms with E-state index in [0.29, 0.717) is 64.1 Å². The summed E-state index contributed by atoms with van der Waals surface area (Å²) >= 11 is 1.77. The Morgan fingerprint density at radius 3 is 2.17 bits per heavy atom. The van der Waals surface area contributed by atoms with E-state index >= 15 is 0 Å². The summed E-state index contributed by atoms with van der Waals surface area (Å²) in [4.78, 5) is 36.9. The minimum absolute atomic E-state index is 0.0607. The van der Waals surface area contributed by atoms with Crippen LogP contribution in [0.5, 0.6) is 0 Å².